The number of ether oxygens (including phenoxy) is 2. The van der Waals surface area contributed by atoms with Crippen LogP contribution >= 0.6 is 0 Å². The summed E-state index contributed by atoms with van der Waals surface area (Å²) in [6.07, 6.45) is -0.616. The maximum absolute atomic E-state index is 12.1. The standard InChI is InChI=1S/C30H33N5O5/c1-29(2,3)26-23-24(32-33-26)27(36)35(25(23)19-10-8-9-11-20(19)38-7)18-14-12-17(13-15-18)21-16-22(34-40-21)31-28(37)39-30(4,5)6/h8-16,32,36H,1-7H3,(H,31,34,37). The van der Waals surface area contributed by atoms with Crippen LogP contribution in [0.1, 0.15) is 47.2 Å². The summed E-state index contributed by atoms with van der Waals surface area (Å²) in [5.74, 6) is 1.42. The highest BCUT2D eigenvalue weighted by molar-refractivity contribution is 6.02. The summed E-state index contributed by atoms with van der Waals surface area (Å²) in [7, 11) is 1.63. The summed E-state index contributed by atoms with van der Waals surface area (Å²) in [6, 6.07) is 16.8. The van der Waals surface area contributed by atoms with Gasteiger partial charge in [-0.15, -0.1) is 0 Å². The predicted molar refractivity (Wildman–Crippen MR) is 153 cm³/mol. The Hall–Kier alpha value is -4.73. The van der Waals surface area contributed by atoms with Gasteiger partial charge in [0.05, 0.1) is 23.9 Å². The monoisotopic (exact) mass is 543 g/mol. The maximum Gasteiger partial charge on any atom is 0.413 e. The van der Waals surface area contributed by atoms with Crippen LogP contribution in [0.5, 0.6) is 11.6 Å². The molecule has 3 N–H and O–H groups in total. The summed E-state index contributed by atoms with van der Waals surface area (Å²) in [6.45, 7) is 11.6. The summed E-state index contributed by atoms with van der Waals surface area (Å²) < 4.78 is 18.2. The number of carbonyl (C=O) groups is 1. The van der Waals surface area contributed by atoms with Crippen LogP contribution in [0.3, 0.4) is 0 Å². The Morgan fingerprint density at radius 2 is 1.75 bits per heavy atom. The van der Waals surface area contributed by atoms with Crippen LogP contribution < -0.4 is 10.1 Å². The number of hydrogen-bond donors (Lipinski definition) is 3. The molecule has 10 nitrogen and oxygen atoms in total. The SMILES string of the molecule is COc1ccccc1-c1c2c(C(C)(C)C)n[nH]c2c(O)n1-c1ccc(-c2cc(NC(=O)OC(C)(C)C)no2)cc1. The molecule has 0 aliphatic carbocycles. The van der Waals surface area contributed by atoms with E-state index in [9.17, 15) is 9.90 Å². The highest BCUT2D eigenvalue weighted by atomic mass is 16.6. The van der Waals surface area contributed by atoms with Crippen LogP contribution in [0, 0.1) is 0 Å². The number of nitrogens with one attached hydrogen (secondary N) is 2. The first kappa shape index (κ1) is 26.9. The minimum atomic E-state index is -0.631. The molecule has 0 radical (unpaired) electrons. The van der Waals surface area contributed by atoms with Crippen LogP contribution in [0.25, 0.3) is 39.2 Å². The number of aromatic amines is 1. The van der Waals surface area contributed by atoms with E-state index in [-0.39, 0.29) is 17.1 Å². The quantitative estimate of drug-likeness (QED) is 0.217. The van der Waals surface area contributed by atoms with Gasteiger partial charge in [0.25, 0.3) is 0 Å². The third-order valence-corrected chi connectivity index (χ3v) is 6.28. The minimum Gasteiger partial charge on any atom is -0.496 e. The number of nitrogens with zero attached hydrogens (tertiary/aromatic N) is 3. The molecule has 3 heterocycles. The molecule has 0 spiro atoms. The molecule has 40 heavy (non-hydrogen) atoms. The lowest BCUT2D eigenvalue weighted by Crippen LogP contribution is -2.27. The van der Waals surface area contributed by atoms with Gasteiger partial charge in [0.1, 0.15) is 16.9 Å². The minimum absolute atomic E-state index is 0.0372. The number of H-pyrrole nitrogens is 1. The van der Waals surface area contributed by atoms with Crippen molar-refractivity contribution < 1.29 is 23.9 Å². The Kier molecular flexibility index (Phi) is 6.57. The number of amides is 1. The molecule has 5 rings (SSSR count). The Balaban J connectivity index is 1.57. The molecule has 0 unspecified atom stereocenters. The first-order chi connectivity index (χ1) is 18.9. The normalized spacial score (nSPS) is 12.1. The Morgan fingerprint density at radius 1 is 1.05 bits per heavy atom. The van der Waals surface area contributed by atoms with Gasteiger partial charge in [-0.3, -0.25) is 15.0 Å². The molecule has 0 aliphatic rings. The number of hydrogen-bond acceptors (Lipinski definition) is 7. The summed E-state index contributed by atoms with van der Waals surface area (Å²) in [4.78, 5) is 12.1. The molecule has 10 heteroatoms. The van der Waals surface area contributed by atoms with Crippen LogP contribution in [-0.4, -0.2) is 43.8 Å². The molecule has 0 aliphatic heterocycles. The molecule has 208 valence electrons. The Bertz CT molecular complexity index is 1680. The second-order valence-corrected chi connectivity index (χ2v) is 11.5. The average Bonchev–Trinajstić information content (AvgIpc) is 3.59. The number of anilines is 1. The molecule has 0 fully saturated rings. The van der Waals surface area contributed by atoms with Gasteiger partial charge in [0, 0.05) is 28.3 Å². The molecule has 0 saturated heterocycles. The highest BCUT2D eigenvalue weighted by Crippen LogP contribution is 2.46. The maximum atomic E-state index is 12.1. The number of aromatic hydroxyl groups is 1. The number of para-hydroxylation sites is 1. The second-order valence-electron chi connectivity index (χ2n) is 11.5. The summed E-state index contributed by atoms with van der Waals surface area (Å²) >= 11 is 0. The zero-order valence-corrected chi connectivity index (χ0v) is 23.6. The van der Waals surface area contributed by atoms with E-state index in [1.165, 1.54) is 0 Å². The number of benzene rings is 2. The van der Waals surface area contributed by atoms with E-state index in [0.29, 0.717) is 17.0 Å². The average molecular weight is 544 g/mol. The van der Waals surface area contributed by atoms with Crippen molar-refractivity contribution in [3.05, 3.63) is 60.3 Å². The largest absolute Gasteiger partial charge is 0.496 e. The van der Waals surface area contributed by atoms with Gasteiger partial charge >= 0.3 is 6.09 Å². The lowest BCUT2D eigenvalue weighted by Gasteiger charge is -2.18. The topological polar surface area (TPSA) is 127 Å². The fraction of sp³-hybridized carbons (Fsp3) is 0.300. The first-order valence-corrected chi connectivity index (χ1v) is 12.9. The van der Waals surface area contributed by atoms with E-state index in [0.717, 1.165) is 33.6 Å². The molecule has 1 amide bonds. The fourth-order valence-electron chi connectivity index (χ4n) is 4.61. The fourth-order valence-corrected chi connectivity index (χ4v) is 4.61. The van der Waals surface area contributed by atoms with Crippen LogP contribution in [0.2, 0.25) is 0 Å². The molecule has 0 atom stereocenters. The van der Waals surface area contributed by atoms with Gasteiger partial charge in [0.2, 0.25) is 5.88 Å². The van der Waals surface area contributed by atoms with Crippen molar-refractivity contribution >= 4 is 22.8 Å². The molecular weight excluding hydrogens is 510 g/mol. The van der Waals surface area contributed by atoms with Crippen LogP contribution in [0.4, 0.5) is 10.6 Å². The number of fused-ring (bicyclic) bond motifs is 1. The highest BCUT2D eigenvalue weighted by Gasteiger charge is 2.30. The smallest absolute Gasteiger partial charge is 0.413 e. The molecule has 0 bridgehead atoms. The summed E-state index contributed by atoms with van der Waals surface area (Å²) in [5, 5.41) is 26.4. The van der Waals surface area contributed by atoms with E-state index in [2.05, 4.69) is 41.4 Å². The van der Waals surface area contributed by atoms with Gasteiger partial charge in [-0.1, -0.05) is 38.1 Å². The van der Waals surface area contributed by atoms with Gasteiger partial charge < -0.3 is 19.1 Å². The van der Waals surface area contributed by atoms with Crippen molar-refractivity contribution in [3.63, 3.8) is 0 Å². The van der Waals surface area contributed by atoms with Crippen molar-refractivity contribution in [1.82, 2.24) is 19.9 Å². The first-order valence-electron chi connectivity index (χ1n) is 12.9. The van der Waals surface area contributed by atoms with Crippen LogP contribution in [0.15, 0.2) is 59.1 Å². The Morgan fingerprint density at radius 3 is 2.40 bits per heavy atom. The lowest BCUT2D eigenvalue weighted by atomic mass is 9.89. The summed E-state index contributed by atoms with van der Waals surface area (Å²) in [5.41, 5.74) is 3.51. The van der Waals surface area contributed by atoms with Crippen molar-refractivity contribution in [2.75, 3.05) is 12.4 Å². The molecule has 3 aromatic heterocycles. The number of aromatic nitrogens is 4. The predicted octanol–water partition coefficient (Wildman–Crippen LogP) is 7.03. The van der Waals surface area contributed by atoms with Crippen molar-refractivity contribution in [2.24, 2.45) is 0 Å². The number of rotatable bonds is 5. The van der Waals surface area contributed by atoms with E-state index in [1.807, 2.05) is 48.5 Å². The molecule has 0 saturated carbocycles. The van der Waals surface area contributed by atoms with E-state index >= 15 is 0 Å². The zero-order valence-electron chi connectivity index (χ0n) is 23.6. The van der Waals surface area contributed by atoms with Crippen molar-refractivity contribution in [2.45, 2.75) is 52.6 Å². The lowest BCUT2D eigenvalue weighted by molar-refractivity contribution is 0.0634. The Labute approximate surface area is 231 Å². The molecule has 5 aromatic rings. The zero-order chi connectivity index (χ0) is 28.8. The van der Waals surface area contributed by atoms with E-state index < -0.39 is 11.7 Å². The second kappa shape index (κ2) is 9.78. The van der Waals surface area contributed by atoms with Gasteiger partial charge in [-0.05, 0) is 57.2 Å². The van der Waals surface area contributed by atoms with E-state index in [1.54, 1.807) is 38.5 Å². The van der Waals surface area contributed by atoms with Gasteiger partial charge in [-0.2, -0.15) is 5.10 Å². The number of carbonyl (C=O) groups excluding carboxylic acids is 1. The third-order valence-electron chi connectivity index (χ3n) is 6.28. The molecule has 2 aromatic carbocycles. The van der Waals surface area contributed by atoms with Gasteiger partial charge in [0.15, 0.2) is 11.6 Å². The van der Waals surface area contributed by atoms with Crippen molar-refractivity contribution in [3.8, 4) is 39.9 Å². The third kappa shape index (κ3) is 5.00. The van der Waals surface area contributed by atoms with Crippen LogP contribution in [-0.2, 0) is 10.2 Å². The molecular formula is C30H33N5O5. The van der Waals surface area contributed by atoms with Crippen molar-refractivity contribution in [1.29, 1.82) is 0 Å². The van der Waals surface area contributed by atoms with Gasteiger partial charge in [-0.25, -0.2) is 4.79 Å². The van der Waals surface area contributed by atoms with E-state index in [4.69, 9.17) is 14.0 Å². The number of methoxy groups -OCH3 is 1.